The number of benzene rings is 1. The van der Waals surface area contributed by atoms with Crippen molar-refractivity contribution in [3.8, 4) is 0 Å². The molecule has 1 unspecified atom stereocenters. The Morgan fingerprint density at radius 3 is 2.27 bits per heavy atom. The summed E-state index contributed by atoms with van der Waals surface area (Å²) in [5.74, 6) is -1.55. The van der Waals surface area contributed by atoms with Crippen LogP contribution >= 0.6 is 34.8 Å². The van der Waals surface area contributed by atoms with Crippen LogP contribution in [0.1, 0.15) is 13.8 Å². The summed E-state index contributed by atoms with van der Waals surface area (Å²) in [6.07, 6.45) is 0. The van der Waals surface area contributed by atoms with Gasteiger partial charge in [0.1, 0.15) is 5.41 Å². The van der Waals surface area contributed by atoms with E-state index >= 15 is 0 Å². The fourth-order valence-electron chi connectivity index (χ4n) is 2.19. The molecule has 0 radical (unpaired) electrons. The molecular formula is C15H13Cl3N2O2. The number of ketones is 1. The van der Waals surface area contributed by atoms with E-state index in [1.807, 2.05) is 6.07 Å². The van der Waals surface area contributed by atoms with Gasteiger partial charge in [-0.15, -0.1) is 0 Å². The van der Waals surface area contributed by atoms with Crippen LogP contribution in [0.2, 0.25) is 0 Å². The Kier molecular flexibility index (Phi) is 4.39. The number of carbonyl (C=O) groups is 2. The number of carbonyl (C=O) groups excluding carboxylic acids is 2. The second-order valence-electron chi connectivity index (χ2n) is 5.13. The Balaban J connectivity index is 2.75. The maximum atomic E-state index is 12.4. The van der Waals surface area contributed by atoms with Gasteiger partial charge in [0, 0.05) is 5.57 Å². The standard InChI is InChI=1S/C15H13Cl3N2O2/c1-8-10(16)11(20-9-6-4-3-5-7-9)15(17,18)14(2,12(8)21)13(19)22/h3-7H,1-2H3,(H2,19,22). The van der Waals surface area contributed by atoms with Crippen molar-refractivity contribution in [2.75, 3.05) is 0 Å². The molecule has 0 heterocycles. The Bertz CT molecular complexity index is 711. The van der Waals surface area contributed by atoms with Gasteiger partial charge in [0.15, 0.2) is 10.1 Å². The van der Waals surface area contributed by atoms with E-state index in [-0.39, 0.29) is 16.3 Å². The van der Waals surface area contributed by atoms with Gasteiger partial charge in [-0.25, -0.2) is 4.99 Å². The van der Waals surface area contributed by atoms with Crippen LogP contribution in [-0.2, 0) is 9.59 Å². The second kappa shape index (κ2) is 5.69. The topological polar surface area (TPSA) is 72.5 Å². The summed E-state index contributed by atoms with van der Waals surface area (Å²) < 4.78 is -1.97. The molecule has 7 heteroatoms. The van der Waals surface area contributed by atoms with Crippen LogP contribution < -0.4 is 5.73 Å². The van der Waals surface area contributed by atoms with Crippen molar-refractivity contribution in [2.45, 2.75) is 18.2 Å². The van der Waals surface area contributed by atoms with Crippen molar-refractivity contribution >= 4 is 57.9 Å². The molecule has 22 heavy (non-hydrogen) atoms. The van der Waals surface area contributed by atoms with Gasteiger partial charge in [0.2, 0.25) is 5.91 Å². The summed E-state index contributed by atoms with van der Waals surface area (Å²) >= 11 is 18.9. The highest BCUT2D eigenvalue weighted by Crippen LogP contribution is 2.50. The fraction of sp³-hybridized carbons (Fsp3) is 0.267. The van der Waals surface area contributed by atoms with Gasteiger partial charge in [-0.3, -0.25) is 9.59 Å². The first-order chi connectivity index (χ1) is 10.1. The number of allylic oxidation sites excluding steroid dienone is 2. The summed E-state index contributed by atoms with van der Waals surface area (Å²) in [5.41, 5.74) is 4.24. The van der Waals surface area contributed by atoms with Gasteiger partial charge in [-0.1, -0.05) is 53.0 Å². The first kappa shape index (κ1) is 17.0. The lowest BCUT2D eigenvalue weighted by molar-refractivity contribution is -0.137. The Labute approximate surface area is 142 Å². The molecule has 0 aromatic heterocycles. The van der Waals surface area contributed by atoms with Gasteiger partial charge in [0.25, 0.3) is 0 Å². The van der Waals surface area contributed by atoms with Crippen molar-refractivity contribution in [2.24, 2.45) is 16.1 Å². The summed E-state index contributed by atoms with van der Waals surface area (Å²) in [7, 11) is 0. The third-order valence-corrected chi connectivity index (χ3v) is 5.32. The van der Waals surface area contributed by atoms with Gasteiger partial charge < -0.3 is 5.73 Å². The molecule has 1 amide bonds. The maximum absolute atomic E-state index is 12.4. The molecule has 0 aliphatic heterocycles. The minimum Gasteiger partial charge on any atom is -0.369 e. The van der Waals surface area contributed by atoms with Crippen LogP contribution in [0.5, 0.6) is 0 Å². The second-order valence-corrected chi connectivity index (χ2v) is 6.83. The lowest BCUT2D eigenvalue weighted by Crippen LogP contribution is -2.59. The van der Waals surface area contributed by atoms with Crippen LogP contribution in [0.3, 0.4) is 0 Å². The molecule has 1 aliphatic rings. The van der Waals surface area contributed by atoms with Crippen LogP contribution in [0, 0.1) is 5.41 Å². The Morgan fingerprint density at radius 1 is 1.23 bits per heavy atom. The summed E-state index contributed by atoms with van der Waals surface area (Å²) in [6.45, 7) is 2.78. The smallest absolute Gasteiger partial charge is 0.234 e. The largest absolute Gasteiger partial charge is 0.369 e. The van der Waals surface area contributed by atoms with E-state index in [0.717, 1.165) is 0 Å². The SMILES string of the molecule is CC1=C(Cl)C(=Nc2ccccc2)C(Cl)(Cl)C(C)(C(N)=O)C1=O. The average molecular weight is 360 g/mol. The van der Waals surface area contributed by atoms with E-state index < -0.39 is 21.4 Å². The normalized spacial score (nSPS) is 26.4. The predicted molar refractivity (Wildman–Crippen MR) is 88.8 cm³/mol. The van der Waals surface area contributed by atoms with Crippen molar-refractivity contribution in [1.82, 2.24) is 0 Å². The van der Waals surface area contributed by atoms with E-state index in [2.05, 4.69) is 4.99 Å². The number of primary amides is 1. The third-order valence-electron chi connectivity index (χ3n) is 3.75. The molecule has 0 fully saturated rings. The molecule has 0 saturated heterocycles. The van der Waals surface area contributed by atoms with Crippen molar-refractivity contribution < 1.29 is 9.59 Å². The van der Waals surface area contributed by atoms with Crippen molar-refractivity contribution in [3.63, 3.8) is 0 Å². The molecule has 0 bridgehead atoms. The van der Waals surface area contributed by atoms with E-state index in [1.165, 1.54) is 13.8 Å². The van der Waals surface area contributed by atoms with Crippen molar-refractivity contribution in [1.29, 1.82) is 0 Å². The van der Waals surface area contributed by atoms with Gasteiger partial charge in [0.05, 0.1) is 16.4 Å². The lowest BCUT2D eigenvalue weighted by Gasteiger charge is -2.40. The molecule has 1 aliphatic carbocycles. The number of nitrogens with two attached hydrogens (primary N) is 1. The summed E-state index contributed by atoms with van der Waals surface area (Å²) in [6, 6.07) is 8.80. The average Bonchev–Trinajstić information content (AvgIpc) is 2.49. The minimum atomic E-state index is -1.97. The van der Waals surface area contributed by atoms with Crippen LogP contribution in [0.4, 0.5) is 5.69 Å². The fourth-order valence-corrected chi connectivity index (χ4v) is 3.18. The number of hydrogen-bond donors (Lipinski definition) is 1. The number of hydrogen-bond acceptors (Lipinski definition) is 3. The van der Waals surface area contributed by atoms with E-state index in [1.54, 1.807) is 24.3 Å². The first-order valence-corrected chi connectivity index (χ1v) is 7.51. The van der Waals surface area contributed by atoms with Crippen LogP contribution in [-0.4, -0.2) is 21.7 Å². The zero-order valence-electron chi connectivity index (χ0n) is 11.9. The highest BCUT2D eigenvalue weighted by atomic mass is 35.5. The van der Waals surface area contributed by atoms with Crippen LogP contribution in [0.15, 0.2) is 45.9 Å². The molecule has 0 saturated carbocycles. The van der Waals surface area contributed by atoms with Gasteiger partial charge >= 0.3 is 0 Å². The van der Waals surface area contributed by atoms with E-state index in [0.29, 0.717) is 5.69 Å². The predicted octanol–water partition coefficient (Wildman–Crippen LogP) is 3.52. The van der Waals surface area contributed by atoms with Gasteiger partial charge in [-0.05, 0) is 26.0 Å². The number of para-hydroxylation sites is 1. The Hall–Kier alpha value is -1.36. The van der Waals surface area contributed by atoms with E-state index in [9.17, 15) is 9.59 Å². The number of amides is 1. The van der Waals surface area contributed by atoms with Gasteiger partial charge in [-0.2, -0.15) is 0 Å². The molecule has 1 aromatic rings. The molecule has 1 atom stereocenters. The Morgan fingerprint density at radius 2 is 1.77 bits per heavy atom. The maximum Gasteiger partial charge on any atom is 0.234 e. The summed E-state index contributed by atoms with van der Waals surface area (Å²) in [4.78, 5) is 28.6. The molecular weight excluding hydrogens is 347 g/mol. The van der Waals surface area contributed by atoms with E-state index in [4.69, 9.17) is 40.5 Å². The molecule has 2 N–H and O–H groups in total. The number of aliphatic imine (C=N–C) groups is 1. The molecule has 2 rings (SSSR count). The zero-order chi connectivity index (χ0) is 16.7. The molecule has 0 spiro atoms. The number of rotatable bonds is 2. The molecule has 1 aromatic carbocycles. The zero-order valence-corrected chi connectivity index (χ0v) is 14.1. The highest BCUT2D eigenvalue weighted by Gasteiger charge is 2.62. The van der Waals surface area contributed by atoms with Crippen molar-refractivity contribution in [3.05, 3.63) is 40.9 Å². The minimum absolute atomic E-state index is 0.0255. The third kappa shape index (κ3) is 2.35. The summed E-state index contributed by atoms with van der Waals surface area (Å²) in [5, 5.41) is 0.0255. The number of halogens is 3. The molecule has 116 valence electrons. The first-order valence-electron chi connectivity index (χ1n) is 6.37. The number of Topliss-reactive ketones (excluding diaryl/α,β-unsaturated/α-hetero) is 1. The number of alkyl halides is 2. The monoisotopic (exact) mass is 358 g/mol. The van der Waals surface area contributed by atoms with Crippen LogP contribution in [0.25, 0.3) is 0 Å². The lowest BCUT2D eigenvalue weighted by atomic mass is 9.72. The quantitative estimate of drug-likeness (QED) is 0.648. The highest BCUT2D eigenvalue weighted by molar-refractivity contribution is 6.69. The number of nitrogens with zero attached hydrogens (tertiary/aromatic N) is 1. The molecule has 4 nitrogen and oxygen atoms in total.